The third-order valence-corrected chi connectivity index (χ3v) is 8.49. The van der Waals surface area contributed by atoms with Crippen LogP contribution in [-0.4, -0.2) is 21.5 Å². The fourth-order valence-corrected chi connectivity index (χ4v) is 6.02. The number of sulfonamides is 1. The highest BCUT2D eigenvalue weighted by molar-refractivity contribution is 7.92. The summed E-state index contributed by atoms with van der Waals surface area (Å²) in [5, 5.41) is 3.91. The monoisotopic (exact) mass is 573 g/mol. The zero-order chi connectivity index (χ0) is 29.1. The lowest BCUT2D eigenvalue weighted by Crippen LogP contribution is -2.16. The number of carbonyl (C=O) groups is 1. The van der Waals surface area contributed by atoms with Crippen LogP contribution in [0.5, 0.6) is 5.75 Å². The van der Waals surface area contributed by atoms with Gasteiger partial charge in [0.25, 0.3) is 10.0 Å². The number of carbonyl (C=O) groups excluding carboxylic acids is 1. The van der Waals surface area contributed by atoms with E-state index >= 15 is 0 Å². The molecule has 6 aromatic carbocycles. The molecule has 0 spiro atoms. The van der Waals surface area contributed by atoms with Crippen LogP contribution in [0.1, 0.15) is 15.9 Å². The van der Waals surface area contributed by atoms with Gasteiger partial charge in [-0.2, -0.15) is 0 Å². The molecule has 0 atom stereocenters. The Kier molecular flexibility index (Phi) is 7.33. The lowest BCUT2D eigenvalue weighted by molar-refractivity contribution is 0.0602. The smallest absolute Gasteiger partial charge is 0.340 e. The van der Waals surface area contributed by atoms with Gasteiger partial charge in [0.15, 0.2) is 0 Å². The Morgan fingerprint density at radius 3 is 2.17 bits per heavy atom. The Morgan fingerprint density at radius 2 is 1.38 bits per heavy atom. The number of methoxy groups -OCH3 is 1. The molecule has 208 valence electrons. The van der Waals surface area contributed by atoms with Gasteiger partial charge in [-0.25, -0.2) is 13.2 Å². The second kappa shape index (κ2) is 11.4. The molecular formula is C35H27NO5S. The fraction of sp³-hybridized carbons (Fsp3) is 0.0571. The molecule has 6 aromatic rings. The molecule has 0 bridgehead atoms. The standard InChI is InChI=1S/C35H27NO5S/c1-40-35(37)32-22-29(18-20-33(32)36-42(38,39)30-19-17-25-7-2-3-9-28(25)21-30)26-15-13-24(14-16-26)23-41-34-12-6-10-27-8-4-5-11-31(27)34/h2-22,36H,23H2,1H3. The van der Waals surface area contributed by atoms with E-state index in [0.29, 0.717) is 6.61 Å². The fourth-order valence-electron chi connectivity index (χ4n) is 4.91. The summed E-state index contributed by atoms with van der Waals surface area (Å²) < 4.78 is 40.2. The highest BCUT2D eigenvalue weighted by Crippen LogP contribution is 2.30. The minimum atomic E-state index is -3.97. The van der Waals surface area contributed by atoms with Gasteiger partial charge in [-0.05, 0) is 63.2 Å². The van der Waals surface area contributed by atoms with Gasteiger partial charge in [0.2, 0.25) is 0 Å². The van der Waals surface area contributed by atoms with E-state index in [0.717, 1.165) is 44.0 Å². The second-order valence-corrected chi connectivity index (χ2v) is 11.5. The quantitative estimate of drug-likeness (QED) is 0.188. The Morgan fingerprint density at radius 1 is 0.690 bits per heavy atom. The van der Waals surface area contributed by atoms with Crippen molar-refractivity contribution in [2.75, 3.05) is 11.8 Å². The topological polar surface area (TPSA) is 81.7 Å². The lowest BCUT2D eigenvalue weighted by atomic mass is 10.0. The number of ether oxygens (including phenoxy) is 2. The van der Waals surface area contributed by atoms with E-state index in [2.05, 4.69) is 16.9 Å². The van der Waals surface area contributed by atoms with Crippen molar-refractivity contribution < 1.29 is 22.7 Å². The van der Waals surface area contributed by atoms with Gasteiger partial charge >= 0.3 is 5.97 Å². The van der Waals surface area contributed by atoms with Crippen LogP contribution in [0, 0.1) is 0 Å². The Labute approximate surface area is 244 Å². The maximum atomic E-state index is 13.3. The summed E-state index contributed by atoms with van der Waals surface area (Å²) >= 11 is 0. The van der Waals surface area contributed by atoms with Gasteiger partial charge in [-0.3, -0.25) is 4.72 Å². The van der Waals surface area contributed by atoms with E-state index in [4.69, 9.17) is 9.47 Å². The first-order valence-corrected chi connectivity index (χ1v) is 14.8. The van der Waals surface area contributed by atoms with Crippen LogP contribution in [0.4, 0.5) is 5.69 Å². The van der Waals surface area contributed by atoms with E-state index in [1.165, 1.54) is 7.11 Å². The third-order valence-electron chi connectivity index (χ3n) is 7.13. The summed E-state index contributed by atoms with van der Waals surface area (Å²) in [4.78, 5) is 12.8. The highest BCUT2D eigenvalue weighted by Gasteiger charge is 2.20. The zero-order valence-corrected chi connectivity index (χ0v) is 23.6. The van der Waals surface area contributed by atoms with Gasteiger partial charge in [0.05, 0.1) is 23.3 Å². The zero-order valence-electron chi connectivity index (χ0n) is 22.8. The molecule has 0 radical (unpaired) electrons. The maximum absolute atomic E-state index is 13.3. The highest BCUT2D eigenvalue weighted by atomic mass is 32.2. The second-order valence-electron chi connectivity index (χ2n) is 9.83. The minimum absolute atomic E-state index is 0.0994. The Bertz CT molecular complexity index is 2030. The van der Waals surface area contributed by atoms with Crippen LogP contribution in [0.15, 0.2) is 132 Å². The molecule has 0 heterocycles. The number of nitrogens with one attached hydrogen (secondary N) is 1. The van der Waals surface area contributed by atoms with Crippen molar-refractivity contribution in [2.45, 2.75) is 11.5 Å². The molecule has 0 aromatic heterocycles. The molecule has 0 fully saturated rings. The van der Waals surface area contributed by atoms with Crippen molar-refractivity contribution in [1.82, 2.24) is 0 Å². The van der Waals surface area contributed by atoms with Gasteiger partial charge in [0, 0.05) is 5.39 Å². The molecule has 6 rings (SSSR count). The number of hydrogen-bond acceptors (Lipinski definition) is 5. The van der Waals surface area contributed by atoms with E-state index in [-0.39, 0.29) is 16.1 Å². The van der Waals surface area contributed by atoms with Crippen molar-refractivity contribution in [2.24, 2.45) is 0 Å². The van der Waals surface area contributed by atoms with Crippen LogP contribution in [0.3, 0.4) is 0 Å². The summed E-state index contributed by atoms with van der Waals surface area (Å²) in [5.74, 6) is 0.176. The van der Waals surface area contributed by atoms with E-state index in [1.807, 2.05) is 78.9 Å². The molecule has 0 aliphatic rings. The molecule has 6 nitrogen and oxygen atoms in total. The van der Waals surface area contributed by atoms with Gasteiger partial charge in [-0.1, -0.05) is 97.1 Å². The van der Waals surface area contributed by atoms with Gasteiger partial charge in [0.1, 0.15) is 12.4 Å². The van der Waals surface area contributed by atoms with Crippen LogP contribution in [0.2, 0.25) is 0 Å². The first-order valence-electron chi connectivity index (χ1n) is 13.4. The number of anilines is 1. The van der Waals surface area contributed by atoms with Crippen molar-refractivity contribution in [3.8, 4) is 16.9 Å². The van der Waals surface area contributed by atoms with Crippen LogP contribution >= 0.6 is 0 Å². The largest absolute Gasteiger partial charge is 0.488 e. The molecule has 0 saturated carbocycles. The average Bonchev–Trinajstić information content (AvgIpc) is 3.03. The van der Waals surface area contributed by atoms with Crippen molar-refractivity contribution in [3.05, 3.63) is 139 Å². The van der Waals surface area contributed by atoms with Gasteiger partial charge in [-0.15, -0.1) is 0 Å². The molecule has 42 heavy (non-hydrogen) atoms. The summed E-state index contributed by atoms with van der Waals surface area (Å²) in [5.41, 5.74) is 2.84. The molecule has 0 amide bonds. The maximum Gasteiger partial charge on any atom is 0.340 e. The summed E-state index contributed by atoms with van der Waals surface area (Å²) in [6, 6.07) is 39.3. The number of hydrogen-bond donors (Lipinski definition) is 1. The molecule has 0 unspecified atom stereocenters. The minimum Gasteiger partial charge on any atom is -0.488 e. The summed E-state index contributed by atoms with van der Waals surface area (Å²) in [7, 11) is -2.70. The van der Waals surface area contributed by atoms with Crippen molar-refractivity contribution in [1.29, 1.82) is 0 Å². The first kappa shape index (κ1) is 27.1. The summed E-state index contributed by atoms with van der Waals surface area (Å²) in [6.45, 7) is 0.400. The van der Waals surface area contributed by atoms with Crippen LogP contribution < -0.4 is 9.46 Å². The third kappa shape index (κ3) is 5.55. The Balaban J connectivity index is 1.23. The molecule has 0 aliphatic carbocycles. The molecule has 0 saturated heterocycles. The van der Waals surface area contributed by atoms with E-state index in [1.54, 1.807) is 36.4 Å². The number of esters is 1. The number of benzene rings is 6. The van der Waals surface area contributed by atoms with Gasteiger partial charge < -0.3 is 9.47 Å². The molecule has 0 aliphatic heterocycles. The predicted molar refractivity (Wildman–Crippen MR) is 166 cm³/mol. The lowest BCUT2D eigenvalue weighted by Gasteiger charge is -2.14. The van der Waals surface area contributed by atoms with Crippen molar-refractivity contribution >= 4 is 43.2 Å². The van der Waals surface area contributed by atoms with E-state index in [9.17, 15) is 13.2 Å². The Hall–Kier alpha value is -5.14. The van der Waals surface area contributed by atoms with Crippen molar-refractivity contribution in [3.63, 3.8) is 0 Å². The first-order chi connectivity index (χ1) is 20.4. The van der Waals surface area contributed by atoms with Crippen LogP contribution in [-0.2, 0) is 21.4 Å². The van der Waals surface area contributed by atoms with E-state index < -0.39 is 16.0 Å². The number of rotatable bonds is 8. The summed E-state index contributed by atoms with van der Waals surface area (Å²) in [6.07, 6.45) is 0. The normalized spacial score (nSPS) is 11.4. The SMILES string of the molecule is COC(=O)c1cc(-c2ccc(COc3cccc4ccccc34)cc2)ccc1NS(=O)(=O)c1ccc2ccccc2c1. The molecule has 1 N–H and O–H groups in total. The van der Waals surface area contributed by atoms with Crippen LogP contribution in [0.25, 0.3) is 32.7 Å². The number of fused-ring (bicyclic) bond motifs is 2. The predicted octanol–water partition coefficient (Wildman–Crippen LogP) is 7.83. The molecular weight excluding hydrogens is 546 g/mol. The average molecular weight is 574 g/mol. The molecule has 7 heteroatoms.